The van der Waals surface area contributed by atoms with Crippen LogP contribution >= 0.6 is 0 Å². The first-order valence-corrected chi connectivity index (χ1v) is 7.29. The molecule has 0 spiro atoms. The van der Waals surface area contributed by atoms with Crippen LogP contribution in [0.2, 0.25) is 0 Å². The quantitative estimate of drug-likeness (QED) is 0.784. The summed E-state index contributed by atoms with van der Waals surface area (Å²) in [6.07, 6.45) is 0. The Morgan fingerprint density at radius 2 is 1.65 bits per heavy atom. The minimum Gasteiger partial charge on any atom is -0.398 e. The molecule has 1 saturated heterocycles. The number of aryl methyl sites for hydroxylation is 1. The summed E-state index contributed by atoms with van der Waals surface area (Å²) >= 11 is 0. The van der Waals surface area contributed by atoms with Crippen LogP contribution in [0.3, 0.4) is 0 Å². The van der Waals surface area contributed by atoms with E-state index in [0.29, 0.717) is 0 Å². The Morgan fingerprint density at radius 3 is 2.25 bits per heavy atom. The third kappa shape index (κ3) is 1.90. The third-order valence-electron chi connectivity index (χ3n) is 4.65. The van der Waals surface area contributed by atoms with Crippen LogP contribution in [0.1, 0.15) is 34.6 Å². The number of rotatable bonds is 2. The van der Waals surface area contributed by atoms with Crippen LogP contribution in [0.4, 0.5) is 0 Å². The number of hydrogen-bond acceptors (Lipinski definition) is 2. The van der Waals surface area contributed by atoms with Crippen molar-refractivity contribution in [2.24, 2.45) is 0 Å². The highest BCUT2D eigenvalue weighted by atomic mass is 16.7. The van der Waals surface area contributed by atoms with E-state index in [1.807, 2.05) is 0 Å². The molecule has 1 aromatic heterocycles. The van der Waals surface area contributed by atoms with Gasteiger partial charge in [-0.15, -0.1) is 0 Å². The van der Waals surface area contributed by atoms with E-state index in [1.165, 1.54) is 10.9 Å². The fourth-order valence-corrected chi connectivity index (χ4v) is 2.74. The summed E-state index contributed by atoms with van der Waals surface area (Å²) in [6.45, 7) is 11.4. The molecule has 0 saturated carbocycles. The second-order valence-corrected chi connectivity index (χ2v) is 6.46. The van der Waals surface area contributed by atoms with Gasteiger partial charge in [0, 0.05) is 17.7 Å². The highest BCUT2D eigenvalue weighted by Gasteiger charge is 2.52. The first-order valence-electron chi connectivity index (χ1n) is 7.29. The van der Waals surface area contributed by atoms with Crippen LogP contribution in [0.15, 0.2) is 30.3 Å². The van der Waals surface area contributed by atoms with E-state index >= 15 is 0 Å². The summed E-state index contributed by atoms with van der Waals surface area (Å²) in [6, 6.07) is 10.6. The Bertz CT molecular complexity index is 629. The zero-order chi connectivity index (χ0) is 14.5. The Labute approximate surface area is 121 Å². The van der Waals surface area contributed by atoms with Crippen molar-refractivity contribution in [3.63, 3.8) is 0 Å². The molecule has 0 amide bonds. The van der Waals surface area contributed by atoms with Crippen molar-refractivity contribution >= 4 is 23.6 Å². The molecule has 1 aromatic carbocycles. The SMILES string of the molecule is CCn1c(B2OC(C)(C)C(C)(C)O2)cc2ccccc21. The average molecular weight is 271 g/mol. The number of para-hydroxylation sites is 1. The fraction of sp³-hybridized carbons (Fsp3) is 0.500. The van der Waals surface area contributed by atoms with Crippen molar-refractivity contribution in [1.29, 1.82) is 0 Å². The molecule has 4 heteroatoms. The molecule has 1 aliphatic heterocycles. The summed E-state index contributed by atoms with van der Waals surface area (Å²) in [7, 11) is -0.299. The van der Waals surface area contributed by atoms with Crippen LogP contribution in [0, 0.1) is 0 Å². The first-order chi connectivity index (χ1) is 9.36. The molecular weight excluding hydrogens is 249 g/mol. The molecule has 0 unspecified atom stereocenters. The van der Waals surface area contributed by atoms with Gasteiger partial charge in [-0.1, -0.05) is 18.2 Å². The maximum absolute atomic E-state index is 6.18. The lowest BCUT2D eigenvalue weighted by molar-refractivity contribution is 0.00578. The van der Waals surface area contributed by atoms with Gasteiger partial charge in [-0.3, -0.25) is 0 Å². The molecule has 106 valence electrons. The molecule has 0 bridgehead atoms. The lowest BCUT2D eigenvalue weighted by Crippen LogP contribution is -2.41. The summed E-state index contributed by atoms with van der Waals surface area (Å²) in [4.78, 5) is 0. The van der Waals surface area contributed by atoms with E-state index in [4.69, 9.17) is 9.31 Å². The van der Waals surface area contributed by atoms with Gasteiger partial charge in [-0.25, -0.2) is 0 Å². The zero-order valence-electron chi connectivity index (χ0n) is 12.9. The van der Waals surface area contributed by atoms with Crippen molar-refractivity contribution in [1.82, 2.24) is 4.57 Å². The molecule has 2 heterocycles. The van der Waals surface area contributed by atoms with E-state index in [9.17, 15) is 0 Å². The van der Waals surface area contributed by atoms with Gasteiger partial charge >= 0.3 is 7.12 Å². The minimum atomic E-state index is -0.299. The molecule has 0 radical (unpaired) electrons. The smallest absolute Gasteiger partial charge is 0.398 e. The van der Waals surface area contributed by atoms with Gasteiger partial charge in [0.15, 0.2) is 0 Å². The van der Waals surface area contributed by atoms with Gasteiger partial charge < -0.3 is 13.9 Å². The lowest BCUT2D eigenvalue weighted by atomic mass is 9.84. The van der Waals surface area contributed by atoms with Crippen LogP contribution < -0.4 is 5.59 Å². The van der Waals surface area contributed by atoms with Crippen LogP contribution in [-0.2, 0) is 15.9 Å². The highest BCUT2D eigenvalue weighted by molar-refractivity contribution is 6.61. The average Bonchev–Trinajstić information content (AvgIpc) is 2.84. The van der Waals surface area contributed by atoms with Gasteiger partial charge in [0.2, 0.25) is 0 Å². The van der Waals surface area contributed by atoms with Crippen LogP contribution in [0.25, 0.3) is 10.9 Å². The topological polar surface area (TPSA) is 23.4 Å². The van der Waals surface area contributed by atoms with Crippen LogP contribution in [0.5, 0.6) is 0 Å². The Hall–Kier alpha value is -1.26. The van der Waals surface area contributed by atoms with Gasteiger partial charge in [0.1, 0.15) is 0 Å². The molecule has 3 rings (SSSR count). The molecule has 1 aliphatic rings. The van der Waals surface area contributed by atoms with E-state index in [0.717, 1.165) is 12.1 Å². The van der Waals surface area contributed by atoms with Crippen LogP contribution in [-0.4, -0.2) is 22.9 Å². The van der Waals surface area contributed by atoms with Gasteiger partial charge in [-0.2, -0.15) is 0 Å². The number of aromatic nitrogens is 1. The summed E-state index contributed by atoms with van der Waals surface area (Å²) in [5, 5.41) is 1.24. The van der Waals surface area contributed by atoms with Crippen molar-refractivity contribution in [2.45, 2.75) is 52.4 Å². The maximum Gasteiger partial charge on any atom is 0.512 e. The molecule has 0 N–H and O–H groups in total. The summed E-state index contributed by atoms with van der Waals surface area (Å²) < 4.78 is 14.6. The number of nitrogens with zero attached hydrogens (tertiary/aromatic N) is 1. The first kappa shape index (κ1) is 13.7. The van der Waals surface area contributed by atoms with Gasteiger partial charge in [-0.05, 0) is 52.1 Å². The Kier molecular flexibility index (Phi) is 3.00. The fourth-order valence-electron chi connectivity index (χ4n) is 2.74. The van der Waals surface area contributed by atoms with Crippen molar-refractivity contribution in [3.05, 3.63) is 30.3 Å². The summed E-state index contributed by atoms with van der Waals surface area (Å²) in [5.74, 6) is 0. The van der Waals surface area contributed by atoms with Gasteiger partial charge in [0.05, 0.1) is 11.2 Å². The Balaban J connectivity index is 2.08. The number of fused-ring (bicyclic) bond motifs is 1. The monoisotopic (exact) mass is 271 g/mol. The summed E-state index contributed by atoms with van der Waals surface area (Å²) in [5.41, 5.74) is 1.74. The second-order valence-electron chi connectivity index (χ2n) is 6.46. The Morgan fingerprint density at radius 1 is 1.05 bits per heavy atom. The predicted octanol–water partition coefficient (Wildman–Crippen LogP) is 2.96. The number of benzene rings is 1. The molecule has 20 heavy (non-hydrogen) atoms. The molecular formula is C16H22BNO2. The van der Waals surface area contributed by atoms with E-state index in [1.54, 1.807) is 0 Å². The van der Waals surface area contributed by atoms with Crippen molar-refractivity contribution < 1.29 is 9.31 Å². The van der Waals surface area contributed by atoms with Crippen molar-refractivity contribution in [3.8, 4) is 0 Å². The molecule has 0 atom stereocenters. The van der Waals surface area contributed by atoms with E-state index < -0.39 is 0 Å². The highest BCUT2D eigenvalue weighted by Crippen LogP contribution is 2.36. The van der Waals surface area contributed by atoms with E-state index in [2.05, 4.69) is 69.5 Å². The second kappa shape index (κ2) is 4.37. The molecule has 0 aliphatic carbocycles. The molecule has 3 nitrogen and oxygen atoms in total. The van der Waals surface area contributed by atoms with E-state index in [-0.39, 0.29) is 18.3 Å². The zero-order valence-corrected chi connectivity index (χ0v) is 12.9. The number of hydrogen-bond donors (Lipinski definition) is 0. The van der Waals surface area contributed by atoms with Crippen molar-refractivity contribution in [2.75, 3.05) is 0 Å². The third-order valence-corrected chi connectivity index (χ3v) is 4.65. The maximum atomic E-state index is 6.18. The van der Waals surface area contributed by atoms with Gasteiger partial charge in [0.25, 0.3) is 0 Å². The molecule has 2 aromatic rings. The molecule has 1 fully saturated rings. The standard InChI is InChI=1S/C16H22BNO2/c1-6-18-13-10-8-7-9-12(13)11-14(18)17-19-15(2,3)16(4,5)20-17/h7-11H,6H2,1-5H3. The lowest BCUT2D eigenvalue weighted by Gasteiger charge is -2.32. The normalized spacial score (nSPS) is 20.8. The largest absolute Gasteiger partial charge is 0.512 e. The minimum absolute atomic E-state index is 0.299. The predicted molar refractivity (Wildman–Crippen MR) is 83.3 cm³/mol.